The van der Waals surface area contributed by atoms with E-state index in [0.29, 0.717) is 10.3 Å². The first kappa shape index (κ1) is 17.4. The van der Waals surface area contributed by atoms with Gasteiger partial charge in [0.2, 0.25) is 0 Å². The van der Waals surface area contributed by atoms with Crippen molar-refractivity contribution >= 4 is 44.9 Å². The number of rotatable bonds is 3. The van der Waals surface area contributed by atoms with E-state index in [0.717, 1.165) is 12.1 Å². The van der Waals surface area contributed by atoms with Crippen molar-refractivity contribution < 1.29 is 22.7 Å². The molecule has 0 fully saturated rings. The Morgan fingerprint density at radius 2 is 1.87 bits per heavy atom. The van der Waals surface area contributed by atoms with Gasteiger partial charge in [-0.05, 0) is 40.2 Å². The lowest BCUT2D eigenvalue weighted by Gasteiger charge is -2.12. The molecule has 1 aromatic carbocycles. The molecule has 0 saturated heterocycles. The number of ether oxygens (including phenoxy) is 1. The number of nitrogens with one attached hydrogen (secondary N) is 2. The van der Waals surface area contributed by atoms with Crippen molar-refractivity contribution in [1.82, 2.24) is 4.98 Å². The minimum Gasteiger partial charge on any atom is -0.406 e. The van der Waals surface area contributed by atoms with E-state index in [1.54, 1.807) is 12.1 Å². The highest BCUT2D eigenvalue weighted by atomic mass is 79.9. The second-order valence-corrected chi connectivity index (χ2v) is 5.42. The number of hydrogen-bond donors (Lipinski definition) is 2. The summed E-state index contributed by atoms with van der Waals surface area (Å²) in [6.07, 6.45) is -3.39. The number of halogens is 5. The Balaban J connectivity index is 2.08. The molecule has 0 bridgehead atoms. The van der Waals surface area contributed by atoms with Gasteiger partial charge < -0.3 is 15.4 Å². The Hall–Kier alpha value is -2.00. The number of carbonyl (C=O) groups excluding carboxylic acids is 1. The first-order chi connectivity index (χ1) is 10.7. The molecule has 0 unspecified atom stereocenters. The SMILES string of the molecule is O=C(Nc1cc(Cl)cc(OC(F)(F)F)c1)Nc1ccnc(Br)c1. The molecule has 0 aliphatic carbocycles. The zero-order valence-corrected chi connectivity index (χ0v) is 13.5. The van der Waals surface area contributed by atoms with E-state index in [2.05, 4.69) is 36.3 Å². The van der Waals surface area contributed by atoms with Crippen LogP contribution < -0.4 is 15.4 Å². The number of urea groups is 1. The first-order valence-corrected chi connectivity index (χ1v) is 7.14. The fourth-order valence-corrected chi connectivity index (χ4v) is 2.19. The fourth-order valence-electron chi connectivity index (χ4n) is 1.60. The van der Waals surface area contributed by atoms with Gasteiger partial charge in [-0.25, -0.2) is 9.78 Å². The Morgan fingerprint density at radius 3 is 2.52 bits per heavy atom. The number of pyridine rings is 1. The van der Waals surface area contributed by atoms with Crippen LogP contribution in [0.5, 0.6) is 5.75 Å². The number of anilines is 2. The monoisotopic (exact) mass is 409 g/mol. The van der Waals surface area contributed by atoms with Gasteiger partial charge in [-0.3, -0.25) is 0 Å². The van der Waals surface area contributed by atoms with E-state index in [1.165, 1.54) is 12.3 Å². The predicted octanol–water partition coefficient (Wildman–Crippen LogP) is 5.04. The van der Waals surface area contributed by atoms with E-state index < -0.39 is 18.1 Å². The summed E-state index contributed by atoms with van der Waals surface area (Å²) in [7, 11) is 0. The molecule has 0 radical (unpaired) electrons. The molecule has 5 nitrogen and oxygen atoms in total. The van der Waals surface area contributed by atoms with Crippen molar-refractivity contribution in [2.24, 2.45) is 0 Å². The summed E-state index contributed by atoms with van der Waals surface area (Å²) >= 11 is 8.85. The largest absolute Gasteiger partial charge is 0.573 e. The highest BCUT2D eigenvalue weighted by Crippen LogP contribution is 2.29. The van der Waals surface area contributed by atoms with Crippen LogP contribution in [0.1, 0.15) is 0 Å². The predicted molar refractivity (Wildman–Crippen MR) is 82.7 cm³/mol. The maximum Gasteiger partial charge on any atom is 0.573 e. The summed E-state index contributed by atoms with van der Waals surface area (Å²) in [5.74, 6) is -0.535. The van der Waals surface area contributed by atoms with Crippen LogP contribution in [0.2, 0.25) is 5.02 Å². The summed E-state index contributed by atoms with van der Waals surface area (Å²) < 4.78 is 40.9. The minimum absolute atomic E-state index is 0.0197. The number of amides is 2. The quantitative estimate of drug-likeness (QED) is 0.697. The van der Waals surface area contributed by atoms with Crippen molar-refractivity contribution in [1.29, 1.82) is 0 Å². The maximum atomic E-state index is 12.2. The first-order valence-electron chi connectivity index (χ1n) is 5.97. The highest BCUT2D eigenvalue weighted by molar-refractivity contribution is 9.10. The Kier molecular flexibility index (Phi) is 5.32. The summed E-state index contributed by atoms with van der Waals surface area (Å²) in [4.78, 5) is 15.7. The number of nitrogens with zero attached hydrogens (tertiary/aromatic N) is 1. The highest BCUT2D eigenvalue weighted by Gasteiger charge is 2.31. The molecule has 2 amide bonds. The normalized spacial score (nSPS) is 11.0. The zero-order chi connectivity index (χ0) is 17.0. The Bertz CT molecular complexity index is 728. The molecule has 1 aromatic heterocycles. The van der Waals surface area contributed by atoms with Crippen molar-refractivity contribution in [2.45, 2.75) is 6.36 Å². The number of hydrogen-bond acceptors (Lipinski definition) is 3. The number of alkyl halides is 3. The molecule has 0 saturated carbocycles. The van der Waals surface area contributed by atoms with Gasteiger partial charge in [0, 0.05) is 28.7 Å². The lowest BCUT2D eigenvalue weighted by Crippen LogP contribution is -2.20. The topological polar surface area (TPSA) is 63.2 Å². The molecule has 0 spiro atoms. The van der Waals surface area contributed by atoms with Gasteiger partial charge in [0.1, 0.15) is 10.4 Å². The number of benzene rings is 1. The Labute approximate surface area is 141 Å². The van der Waals surface area contributed by atoms with Crippen molar-refractivity contribution in [3.05, 3.63) is 46.2 Å². The average Bonchev–Trinajstić information content (AvgIpc) is 2.35. The standard InChI is InChI=1S/C13H8BrClF3N3O2/c14-11-6-8(1-2-19-11)20-12(22)21-9-3-7(15)4-10(5-9)23-13(16,17)18/h1-6H,(H2,19,20,21,22). The second-order valence-electron chi connectivity index (χ2n) is 4.17. The lowest BCUT2D eigenvalue weighted by molar-refractivity contribution is -0.274. The molecule has 0 aliphatic heterocycles. The van der Waals surface area contributed by atoms with E-state index in [9.17, 15) is 18.0 Å². The second kappa shape index (κ2) is 7.05. The molecule has 0 atom stereocenters. The fraction of sp³-hybridized carbons (Fsp3) is 0.0769. The third-order valence-electron chi connectivity index (χ3n) is 2.35. The van der Waals surface area contributed by atoms with Gasteiger partial charge in [0.15, 0.2) is 0 Å². The average molecular weight is 411 g/mol. The van der Waals surface area contributed by atoms with E-state index in [4.69, 9.17) is 11.6 Å². The molecular weight excluding hydrogens is 403 g/mol. The number of carbonyl (C=O) groups is 1. The summed E-state index contributed by atoms with van der Waals surface area (Å²) in [6, 6.07) is 5.70. The maximum absolute atomic E-state index is 12.2. The van der Waals surface area contributed by atoms with Crippen LogP contribution >= 0.6 is 27.5 Å². The molecule has 23 heavy (non-hydrogen) atoms. The smallest absolute Gasteiger partial charge is 0.406 e. The third kappa shape index (κ3) is 5.95. The molecule has 2 N–H and O–H groups in total. The van der Waals surface area contributed by atoms with Crippen molar-refractivity contribution in [3.63, 3.8) is 0 Å². The van der Waals surface area contributed by atoms with E-state index in [1.807, 2.05) is 0 Å². The van der Waals surface area contributed by atoms with Crippen molar-refractivity contribution in [3.8, 4) is 5.75 Å². The van der Waals surface area contributed by atoms with Gasteiger partial charge in [0.05, 0.1) is 0 Å². The van der Waals surface area contributed by atoms with Crippen LogP contribution in [0, 0.1) is 0 Å². The van der Waals surface area contributed by atoms with E-state index in [-0.39, 0.29) is 10.7 Å². The summed E-state index contributed by atoms with van der Waals surface area (Å²) in [6.45, 7) is 0. The molecule has 1 heterocycles. The number of aromatic nitrogens is 1. The van der Waals surface area contributed by atoms with Crippen LogP contribution in [0.15, 0.2) is 41.1 Å². The lowest BCUT2D eigenvalue weighted by atomic mass is 10.3. The van der Waals surface area contributed by atoms with Gasteiger partial charge in [0.25, 0.3) is 0 Å². The van der Waals surface area contributed by atoms with Gasteiger partial charge in [-0.2, -0.15) is 0 Å². The summed E-state index contributed by atoms with van der Waals surface area (Å²) in [5.41, 5.74) is 0.487. The third-order valence-corrected chi connectivity index (χ3v) is 3.00. The molecule has 0 aliphatic rings. The van der Waals surface area contributed by atoms with Crippen LogP contribution in [0.25, 0.3) is 0 Å². The Morgan fingerprint density at radius 1 is 1.17 bits per heavy atom. The van der Waals surface area contributed by atoms with Crippen LogP contribution in [0.4, 0.5) is 29.3 Å². The van der Waals surface area contributed by atoms with Crippen LogP contribution in [-0.2, 0) is 0 Å². The van der Waals surface area contributed by atoms with Gasteiger partial charge in [-0.1, -0.05) is 11.6 Å². The molecular formula is C13H8BrClF3N3O2. The van der Waals surface area contributed by atoms with Gasteiger partial charge in [-0.15, -0.1) is 13.2 Å². The van der Waals surface area contributed by atoms with E-state index >= 15 is 0 Å². The van der Waals surface area contributed by atoms with Crippen LogP contribution in [0.3, 0.4) is 0 Å². The molecule has 10 heteroatoms. The minimum atomic E-state index is -4.85. The van der Waals surface area contributed by atoms with Crippen LogP contribution in [-0.4, -0.2) is 17.4 Å². The molecule has 2 aromatic rings. The van der Waals surface area contributed by atoms with Gasteiger partial charge >= 0.3 is 12.4 Å². The van der Waals surface area contributed by atoms with Crippen molar-refractivity contribution in [2.75, 3.05) is 10.6 Å². The molecule has 122 valence electrons. The summed E-state index contributed by atoms with van der Waals surface area (Å²) in [5, 5.41) is 4.83. The zero-order valence-electron chi connectivity index (χ0n) is 11.1. The molecule has 2 rings (SSSR count).